The van der Waals surface area contributed by atoms with Crippen LogP contribution < -0.4 is 10.6 Å². The van der Waals surface area contributed by atoms with Crippen LogP contribution in [0.5, 0.6) is 0 Å². The predicted octanol–water partition coefficient (Wildman–Crippen LogP) is 3.72. The van der Waals surface area contributed by atoms with E-state index in [1.807, 2.05) is 12.1 Å². The lowest BCUT2D eigenvalue weighted by Crippen LogP contribution is -2.35. The maximum atomic E-state index is 12.1. The molecule has 1 aliphatic rings. The zero-order valence-corrected chi connectivity index (χ0v) is 16.5. The minimum absolute atomic E-state index is 0.0439. The first-order chi connectivity index (χ1) is 13.5. The summed E-state index contributed by atoms with van der Waals surface area (Å²) in [6.45, 7) is 4.46. The third-order valence-electron chi connectivity index (χ3n) is 4.96. The number of nitrogens with one attached hydrogen (secondary N) is 2. The largest absolute Gasteiger partial charge is 0.352 e. The van der Waals surface area contributed by atoms with E-state index in [4.69, 9.17) is 0 Å². The fraction of sp³-hybridized carbons (Fsp3) is 0.409. The van der Waals surface area contributed by atoms with Gasteiger partial charge in [-0.1, -0.05) is 51.0 Å². The highest BCUT2D eigenvalue weighted by Gasteiger charge is 2.17. The van der Waals surface area contributed by atoms with E-state index < -0.39 is 0 Å². The molecule has 2 amide bonds. The molecule has 1 saturated carbocycles. The third kappa shape index (κ3) is 5.81. The van der Waals surface area contributed by atoms with Crippen LogP contribution in [0.3, 0.4) is 0 Å². The fourth-order valence-corrected chi connectivity index (χ4v) is 3.35. The van der Waals surface area contributed by atoms with Crippen LogP contribution in [0.4, 0.5) is 5.69 Å². The number of carbonyl (C=O) groups is 2. The zero-order valence-electron chi connectivity index (χ0n) is 16.5. The molecule has 1 aromatic carbocycles. The van der Waals surface area contributed by atoms with Crippen molar-refractivity contribution in [3.8, 4) is 0 Å². The molecule has 0 saturated heterocycles. The number of rotatable bonds is 7. The van der Waals surface area contributed by atoms with Crippen LogP contribution in [0.25, 0.3) is 6.08 Å². The van der Waals surface area contributed by atoms with Crippen LogP contribution in [-0.2, 0) is 16.1 Å². The van der Waals surface area contributed by atoms with E-state index in [0.29, 0.717) is 17.6 Å². The molecule has 0 radical (unpaired) electrons. The molecule has 28 heavy (non-hydrogen) atoms. The summed E-state index contributed by atoms with van der Waals surface area (Å²) in [7, 11) is 0. The minimum Gasteiger partial charge on any atom is -0.352 e. The lowest BCUT2D eigenvalue weighted by Gasteiger charge is -2.11. The lowest BCUT2D eigenvalue weighted by atomic mass is 10.0. The van der Waals surface area contributed by atoms with Gasteiger partial charge in [0.2, 0.25) is 11.8 Å². The SMILES string of the molecule is CC(C)c1ccc(/C=C/C(=O)Nc2cnn(CC(=O)NC3CCCC3)c2)cc1. The molecule has 2 aromatic rings. The topological polar surface area (TPSA) is 76.0 Å². The highest BCUT2D eigenvalue weighted by molar-refractivity contribution is 6.01. The molecule has 1 heterocycles. The molecule has 0 bridgehead atoms. The van der Waals surface area contributed by atoms with Crippen molar-refractivity contribution in [1.29, 1.82) is 0 Å². The molecule has 3 rings (SSSR count). The maximum absolute atomic E-state index is 12.1. The number of nitrogens with zero attached hydrogens (tertiary/aromatic N) is 2. The lowest BCUT2D eigenvalue weighted by molar-refractivity contribution is -0.122. The first kappa shape index (κ1) is 19.9. The summed E-state index contributed by atoms with van der Waals surface area (Å²) in [4.78, 5) is 24.2. The van der Waals surface area contributed by atoms with E-state index in [0.717, 1.165) is 18.4 Å². The molecule has 0 spiro atoms. The number of amides is 2. The highest BCUT2D eigenvalue weighted by Crippen LogP contribution is 2.17. The van der Waals surface area contributed by atoms with Crippen LogP contribution in [0.1, 0.15) is 56.6 Å². The highest BCUT2D eigenvalue weighted by atomic mass is 16.2. The van der Waals surface area contributed by atoms with Gasteiger partial charge in [-0.25, -0.2) is 0 Å². The first-order valence-corrected chi connectivity index (χ1v) is 9.90. The second-order valence-electron chi connectivity index (χ2n) is 7.62. The molecule has 0 unspecified atom stereocenters. The third-order valence-corrected chi connectivity index (χ3v) is 4.96. The summed E-state index contributed by atoms with van der Waals surface area (Å²) in [5.74, 6) is 0.207. The smallest absolute Gasteiger partial charge is 0.248 e. The number of hydrogen-bond acceptors (Lipinski definition) is 3. The molecule has 1 fully saturated rings. The Bertz CT molecular complexity index is 830. The van der Waals surface area contributed by atoms with Crippen molar-refractivity contribution < 1.29 is 9.59 Å². The van der Waals surface area contributed by atoms with Gasteiger partial charge in [-0.3, -0.25) is 14.3 Å². The number of benzene rings is 1. The van der Waals surface area contributed by atoms with Crippen molar-refractivity contribution in [1.82, 2.24) is 15.1 Å². The van der Waals surface area contributed by atoms with Crippen molar-refractivity contribution in [3.63, 3.8) is 0 Å². The minimum atomic E-state index is -0.233. The first-order valence-electron chi connectivity index (χ1n) is 9.90. The average Bonchev–Trinajstić information content (AvgIpc) is 3.32. The van der Waals surface area contributed by atoms with E-state index >= 15 is 0 Å². The second kappa shape index (κ2) is 9.35. The van der Waals surface area contributed by atoms with Gasteiger partial charge in [0.05, 0.1) is 11.9 Å². The summed E-state index contributed by atoms with van der Waals surface area (Å²) >= 11 is 0. The van der Waals surface area contributed by atoms with Gasteiger partial charge in [0, 0.05) is 18.3 Å². The van der Waals surface area contributed by atoms with Gasteiger partial charge in [0.25, 0.3) is 0 Å². The Hall–Kier alpha value is -2.89. The van der Waals surface area contributed by atoms with E-state index in [-0.39, 0.29) is 18.4 Å². The molecule has 148 valence electrons. The molecule has 2 N–H and O–H groups in total. The van der Waals surface area contributed by atoms with Gasteiger partial charge in [0.15, 0.2) is 0 Å². The van der Waals surface area contributed by atoms with Crippen molar-refractivity contribution >= 4 is 23.6 Å². The van der Waals surface area contributed by atoms with Gasteiger partial charge in [-0.15, -0.1) is 0 Å². The summed E-state index contributed by atoms with van der Waals surface area (Å²) in [5, 5.41) is 9.94. The van der Waals surface area contributed by atoms with Crippen LogP contribution in [-0.4, -0.2) is 27.6 Å². The number of carbonyl (C=O) groups excluding carboxylic acids is 2. The fourth-order valence-electron chi connectivity index (χ4n) is 3.35. The summed E-state index contributed by atoms with van der Waals surface area (Å²) in [6, 6.07) is 8.44. The Morgan fingerprint density at radius 1 is 1.21 bits per heavy atom. The Labute approximate surface area is 166 Å². The Balaban J connectivity index is 1.48. The van der Waals surface area contributed by atoms with Crippen molar-refractivity contribution in [3.05, 3.63) is 53.9 Å². The number of aromatic nitrogens is 2. The second-order valence-corrected chi connectivity index (χ2v) is 7.62. The normalized spacial score (nSPS) is 14.7. The maximum Gasteiger partial charge on any atom is 0.248 e. The molecule has 6 nitrogen and oxygen atoms in total. The van der Waals surface area contributed by atoms with Crippen molar-refractivity contribution in [2.45, 2.75) is 58.0 Å². The van der Waals surface area contributed by atoms with Gasteiger partial charge in [-0.2, -0.15) is 5.10 Å². The molecule has 0 atom stereocenters. The van der Waals surface area contributed by atoms with Gasteiger partial charge < -0.3 is 10.6 Å². The van der Waals surface area contributed by atoms with Crippen LogP contribution in [0, 0.1) is 0 Å². The quantitative estimate of drug-likeness (QED) is 0.719. The van der Waals surface area contributed by atoms with Crippen molar-refractivity contribution in [2.24, 2.45) is 0 Å². The molecular weight excluding hydrogens is 352 g/mol. The monoisotopic (exact) mass is 380 g/mol. The molecule has 1 aromatic heterocycles. The number of anilines is 1. The van der Waals surface area contributed by atoms with Gasteiger partial charge in [-0.05, 0) is 36.0 Å². The molecule has 1 aliphatic carbocycles. The molecular formula is C22H28N4O2. The van der Waals surface area contributed by atoms with Crippen molar-refractivity contribution in [2.75, 3.05) is 5.32 Å². The summed E-state index contributed by atoms with van der Waals surface area (Å²) in [5.41, 5.74) is 2.81. The van der Waals surface area contributed by atoms with Crippen LogP contribution in [0.15, 0.2) is 42.7 Å². The molecule has 0 aliphatic heterocycles. The average molecular weight is 380 g/mol. The van der Waals surface area contributed by atoms with Gasteiger partial charge >= 0.3 is 0 Å². The van der Waals surface area contributed by atoms with E-state index in [9.17, 15) is 9.59 Å². The van der Waals surface area contributed by atoms with Crippen LogP contribution in [0.2, 0.25) is 0 Å². The Morgan fingerprint density at radius 2 is 1.93 bits per heavy atom. The van der Waals surface area contributed by atoms with E-state index in [1.165, 1.54) is 29.2 Å². The zero-order chi connectivity index (χ0) is 19.9. The number of hydrogen-bond donors (Lipinski definition) is 2. The molecule has 6 heteroatoms. The van der Waals surface area contributed by atoms with Crippen LogP contribution >= 0.6 is 0 Å². The standard InChI is InChI=1S/C22H28N4O2/c1-16(2)18-10-7-17(8-11-18)9-12-21(27)25-20-13-23-26(14-20)15-22(28)24-19-5-3-4-6-19/h7-14,16,19H,3-6,15H2,1-2H3,(H,24,28)(H,25,27)/b12-9+. The van der Waals surface area contributed by atoms with E-state index in [2.05, 4.69) is 41.7 Å². The van der Waals surface area contributed by atoms with E-state index in [1.54, 1.807) is 18.5 Å². The Morgan fingerprint density at radius 3 is 2.61 bits per heavy atom. The summed E-state index contributed by atoms with van der Waals surface area (Å²) < 4.78 is 1.54. The van der Waals surface area contributed by atoms with Gasteiger partial charge in [0.1, 0.15) is 6.54 Å². The Kier molecular flexibility index (Phi) is 6.63. The predicted molar refractivity (Wildman–Crippen MR) is 111 cm³/mol. The summed E-state index contributed by atoms with van der Waals surface area (Å²) in [6.07, 6.45) is 10.9.